The van der Waals surface area contributed by atoms with E-state index in [2.05, 4.69) is 31.7 Å². The number of nitrogens with zero attached hydrogens (tertiary/aromatic N) is 3. The fourth-order valence-corrected chi connectivity index (χ4v) is 2.81. The third kappa shape index (κ3) is 3.75. The minimum atomic E-state index is -3.81. The molecule has 3 N–H and O–H groups in total. The largest absolute Gasteiger partial charge is 0.320 e. The van der Waals surface area contributed by atoms with Gasteiger partial charge in [-0.3, -0.25) is 0 Å². The molecule has 2 rings (SSSR count). The summed E-state index contributed by atoms with van der Waals surface area (Å²) < 4.78 is 27.0. The number of rotatable bonds is 3. The summed E-state index contributed by atoms with van der Waals surface area (Å²) in [4.78, 5) is 3.89. The highest BCUT2D eigenvalue weighted by atomic mass is 32.2. The number of aryl methyl sites for hydroxylation is 1. The molecule has 0 fully saturated rings. The molecule has 21 heavy (non-hydrogen) atoms. The van der Waals surface area contributed by atoms with Crippen molar-refractivity contribution in [2.45, 2.75) is 11.8 Å². The molecule has 0 bridgehead atoms. The van der Waals surface area contributed by atoms with Crippen molar-refractivity contribution < 1.29 is 8.42 Å². The average molecular weight is 303 g/mol. The molecule has 1 aromatic carbocycles. The summed E-state index contributed by atoms with van der Waals surface area (Å²) in [6.07, 6.45) is 2.70. The van der Waals surface area contributed by atoms with Gasteiger partial charge in [-0.1, -0.05) is 17.9 Å². The molecule has 1 aromatic heterocycles. The lowest BCUT2D eigenvalue weighted by molar-refractivity contribution is 0.600. The van der Waals surface area contributed by atoms with Gasteiger partial charge in [-0.05, 0) is 24.6 Å². The van der Waals surface area contributed by atoms with Gasteiger partial charge in [0, 0.05) is 5.56 Å². The van der Waals surface area contributed by atoms with Gasteiger partial charge < -0.3 is 5.73 Å². The predicted molar refractivity (Wildman–Crippen MR) is 77.7 cm³/mol. The molecule has 0 aliphatic rings. The summed E-state index contributed by atoms with van der Waals surface area (Å²) >= 11 is 0. The summed E-state index contributed by atoms with van der Waals surface area (Å²) in [5.41, 5.74) is 6.46. The lowest BCUT2D eigenvalue weighted by atomic mass is 10.1. The zero-order valence-corrected chi connectivity index (χ0v) is 12.1. The lowest BCUT2D eigenvalue weighted by Gasteiger charge is -2.09. The third-order valence-electron chi connectivity index (χ3n) is 2.52. The second-order valence-electron chi connectivity index (χ2n) is 4.06. The Hall–Kier alpha value is -2.50. The van der Waals surface area contributed by atoms with Crippen LogP contribution in [0.2, 0.25) is 0 Å². The monoisotopic (exact) mass is 303 g/mol. The van der Waals surface area contributed by atoms with Crippen molar-refractivity contribution in [3.63, 3.8) is 0 Å². The molecule has 0 amide bonds. The van der Waals surface area contributed by atoms with Crippen LogP contribution in [0, 0.1) is 18.8 Å². The van der Waals surface area contributed by atoms with E-state index in [-0.39, 0.29) is 17.4 Å². The topological polar surface area (TPSA) is 111 Å². The number of nitrogens with two attached hydrogens (primary N) is 1. The molecule has 0 unspecified atom stereocenters. The zero-order chi connectivity index (χ0) is 15.3. The lowest BCUT2D eigenvalue weighted by Crippen LogP contribution is -2.16. The van der Waals surface area contributed by atoms with Gasteiger partial charge in [0.1, 0.15) is 0 Å². The standard InChI is InChI=1S/C13H13N5O2S/c1-10-4-5-11(3-2-6-14)9-12(10)21(19,20)18-13-15-7-8-16-17-13/h4-5,7-9H,6,14H2,1H3,(H,15,17,18). The van der Waals surface area contributed by atoms with Gasteiger partial charge in [-0.25, -0.2) is 18.1 Å². The summed E-state index contributed by atoms with van der Waals surface area (Å²) in [5, 5.41) is 7.16. The Balaban J connectivity index is 2.39. The molecule has 0 saturated heterocycles. The summed E-state index contributed by atoms with van der Waals surface area (Å²) in [6.45, 7) is 1.90. The van der Waals surface area contributed by atoms with Gasteiger partial charge in [0.05, 0.1) is 23.8 Å². The first-order valence-corrected chi connectivity index (χ1v) is 7.47. The zero-order valence-electron chi connectivity index (χ0n) is 11.2. The highest BCUT2D eigenvalue weighted by Crippen LogP contribution is 2.18. The minimum absolute atomic E-state index is 0.0876. The van der Waals surface area contributed by atoms with Crippen molar-refractivity contribution >= 4 is 16.0 Å². The average Bonchev–Trinajstić information content (AvgIpc) is 2.47. The van der Waals surface area contributed by atoms with E-state index < -0.39 is 10.0 Å². The Bertz CT molecular complexity index is 794. The molecule has 0 saturated carbocycles. The van der Waals surface area contributed by atoms with Gasteiger partial charge >= 0.3 is 0 Å². The molecule has 0 radical (unpaired) electrons. The SMILES string of the molecule is Cc1ccc(C#CCN)cc1S(=O)(=O)Nc1nccnn1. The number of hydrogen-bond acceptors (Lipinski definition) is 6. The van der Waals surface area contributed by atoms with E-state index in [9.17, 15) is 8.42 Å². The van der Waals surface area contributed by atoms with Crippen LogP contribution in [0.25, 0.3) is 0 Å². The van der Waals surface area contributed by atoms with E-state index in [0.29, 0.717) is 11.1 Å². The van der Waals surface area contributed by atoms with Gasteiger partial charge in [0.2, 0.25) is 0 Å². The third-order valence-corrected chi connectivity index (χ3v) is 3.99. The van der Waals surface area contributed by atoms with Crippen LogP contribution in [-0.4, -0.2) is 30.1 Å². The number of aromatic nitrogens is 3. The first-order chi connectivity index (χ1) is 10.0. The predicted octanol–water partition coefficient (Wildman–Crippen LogP) is 0.291. The fourth-order valence-electron chi connectivity index (χ4n) is 1.59. The van der Waals surface area contributed by atoms with Crippen LogP contribution < -0.4 is 10.5 Å². The van der Waals surface area contributed by atoms with Gasteiger partial charge in [-0.15, -0.1) is 5.10 Å². The van der Waals surface area contributed by atoms with E-state index in [4.69, 9.17) is 5.73 Å². The fraction of sp³-hybridized carbons (Fsp3) is 0.154. The van der Waals surface area contributed by atoms with Crippen LogP contribution in [0.15, 0.2) is 35.5 Å². The van der Waals surface area contributed by atoms with E-state index in [1.807, 2.05) is 0 Å². The molecule has 0 aliphatic carbocycles. The minimum Gasteiger partial charge on any atom is -0.320 e. The van der Waals surface area contributed by atoms with Crippen molar-refractivity contribution in [3.8, 4) is 11.8 Å². The quantitative estimate of drug-likeness (QED) is 0.788. The molecule has 0 aliphatic heterocycles. The van der Waals surface area contributed by atoms with Crippen LogP contribution in [0.1, 0.15) is 11.1 Å². The van der Waals surface area contributed by atoms with Gasteiger partial charge in [-0.2, -0.15) is 5.10 Å². The summed E-state index contributed by atoms with van der Waals surface area (Å²) in [5.74, 6) is 5.39. The number of sulfonamides is 1. The molecule has 2 aromatic rings. The molecular weight excluding hydrogens is 290 g/mol. The Morgan fingerprint density at radius 3 is 2.81 bits per heavy atom. The van der Waals surface area contributed by atoms with Gasteiger partial charge in [0.25, 0.3) is 16.0 Å². The van der Waals surface area contributed by atoms with Gasteiger partial charge in [0.15, 0.2) is 0 Å². The molecular formula is C13H13N5O2S. The van der Waals surface area contributed by atoms with Crippen LogP contribution >= 0.6 is 0 Å². The van der Waals surface area contributed by atoms with Crippen molar-refractivity contribution in [1.29, 1.82) is 0 Å². The van der Waals surface area contributed by atoms with E-state index in [1.165, 1.54) is 18.5 Å². The van der Waals surface area contributed by atoms with E-state index >= 15 is 0 Å². The smallest absolute Gasteiger partial charge is 0.264 e. The van der Waals surface area contributed by atoms with Crippen LogP contribution in [-0.2, 0) is 10.0 Å². The Morgan fingerprint density at radius 1 is 1.33 bits per heavy atom. The van der Waals surface area contributed by atoms with Crippen LogP contribution in [0.4, 0.5) is 5.95 Å². The van der Waals surface area contributed by atoms with E-state index in [1.54, 1.807) is 19.1 Å². The molecule has 0 atom stereocenters. The second-order valence-corrected chi connectivity index (χ2v) is 5.71. The number of benzene rings is 1. The molecule has 0 spiro atoms. The van der Waals surface area contributed by atoms with Crippen LogP contribution in [0.3, 0.4) is 0 Å². The summed E-state index contributed by atoms with van der Waals surface area (Å²) in [7, 11) is -3.81. The molecule has 108 valence electrons. The molecule has 7 nitrogen and oxygen atoms in total. The van der Waals surface area contributed by atoms with Crippen molar-refractivity contribution in [2.75, 3.05) is 11.3 Å². The van der Waals surface area contributed by atoms with Crippen molar-refractivity contribution in [1.82, 2.24) is 15.2 Å². The molecule has 8 heteroatoms. The number of hydrogen-bond donors (Lipinski definition) is 2. The maximum absolute atomic E-state index is 12.4. The highest BCUT2D eigenvalue weighted by Gasteiger charge is 2.18. The first-order valence-electron chi connectivity index (χ1n) is 5.99. The first kappa shape index (κ1) is 14.9. The Kier molecular flexibility index (Phi) is 4.47. The number of nitrogens with one attached hydrogen (secondary N) is 1. The highest BCUT2D eigenvalue weighted by molar-refractivity contribution is 7.92. The van der Waals surface area contributed by atoms with Crippen LogP contribution in [0.5, 0.6) is 0 Å². The van der Waals surface area contributed by atoms with Crippen molar-refractivity contribution in [3.05, 3.63) is 41.7 Å². The van der Waals surface area contributed by atoms with E-state index in [0.717, 1.165) is 0 Å². The Labute approximate surface area is 122 Å². The maximum Gasteiger partial charge on any atom is 0.264 e. The van der Waals surface area contributed by atoms with Crippen molar-refractivity contribution in [2.24, 2.45) is 5.73 Å². The molecule has 1 heterocycles. The number of anilines is 1. The Morgan fingerprint density at radius 2 is 2.14 bits per heavy atom. The summed E-state index contributed by atoms with van der Waals surface area (Å²) in [6, 6.07) is 4.90. The second kappa shape index (κ2) is 6.30. The maximum atomic E-state index is 12.4. The normalized spacial score (nSPS) is 10.6.